The van der Waals surface area contributed by atoms with Gasteiger partial charge < -0.3 is 9.72 Å². The maximum absolute atomic E-state index is 11.4. The van der Waals surface area contributed by atoms with Crippen LogP contribution in [-0.2, 0) is 19.2 Å². The van der Waals surface area contributed by atoms with Crippen molar-refractivity contribution in [1.29, 1.82) is 0 Å². The van der Waals surface area contributed by atoms with Gasteiger partial charge in [0, 0.05) is 44.0 Å². The molecule has 0 spiro atoms. The molecule has 0 radical (unpaired) electrons. The topological polar surface area (TPSA) is 130 Å². The number of nitrogens with zero attached hydrogens (tertiary/aromatic N) is 3. The van der Waals surface area contributed by atoms with Crippen LogP contribution in [0.25, 0.3) is 0 Å². The van der Waals surface area contributed by atoms with Crippen LogP contribution in [0.2, 0.25) is 0 Å². The molecular weight excluding hydrogens is 380 g/mol. The van der Waals surface area contributed by atoms with Crippen molar-refractivity contribution in [2.75, 3.05) is 16.9 Å². The van der Waals surface area contributed by atoms with Crippen LogP contribution in [0.3, 0.4) is 0 Å². The summed E-state index contributed by atoms with van der Waals surface area (Å²) in [7, 11) is 1.51. The number of pyridine rings is 2. The highest BCUT2D eigenvalue weighted by Gasteiger charge is 2.31. The predicted molar refractivity (Wildman–Crippen MR) is 101 cm³/mol. The Morgan fingerprint density at radius 1 is 0.793 bits per heavy atom. The highest BCUT2D eigenvalue weighted by molar-refractivity contribution is 6.20. The first kappa shape index (κ1) is 19.9. The average molecular weight is 398 g/mol. The van der Waals surface area contributed by atoms with Gasteiger partial charge in [-0.3, -0.25) is 24.0 Å². The minimum absolute atomic E-state index is 0.174. The van der Waals surface area contributed by atoms with Gasteiger partial charge in [0.1, 0.15) is 0 Å². The lowest BCUT2D eigenvalue weighted by atomic mass is 10.4. The fourth-order valence-electron chi connectivity index (χ4n) is 2.90. The maximum atomic E-state index is 11.4. The second kappa shape index (κ2) is 8.46. The number of aromatic amines is 1. The van der Waals surface area contributed by atoms with E-state index < -0.39 is 0 Å². The first-order valence-corrected chi connectivity index (χ1v) is 8.81. The van der Waals surface area contributed by atoms with Gasteiger partial charge in [-0.1, -0.05) is 0 Å². The van der Waals surface area contributed by atoms with E-state index in [9.17, 15) is 24.0 Å². The molecule has 2 saturated heterocycles. The fourth-order valence-corrected chi connectivity index (χ4v) is 2.90. The van der Waals surface area contributed by atoms with Crippen molar-refractivity contribution in [2.45, 2.75) is 25.7 Å². The Balaban J connectivity index is 0.000000166. The van der Waals surface area contributed by atoms with Gasteiger partial charge in [-0.2, -0.15) is 0 Å². The van der Waals surface area contributed by atoms with Crippen molar-refractivity contribution >= 4 is 35.0 Å². The standard InChI is InChI=1S/C10H10N2O3.C9H8N2O3/c1-15-8-3-2-7(6-11-8)12-9(13)4-5-10(12)14;12-7-2-1-6(5-10-7)11-8(13)3-4-9(11)14/h2-3,6H,4-5H2,1H3;1-2,5H,3-4H2,(H,10,12). The summed E-state index contributed by atoms with van der Waals surface area (Å²) in [5, 5.41) is 0. The lowest BCUT2D eigenvalue weighted by Crippen LogP contribution is -2.29. The summed E-state index contributed by atoms with van der Waals surface area (Å²) < 4.78 is 4.89. The molecule has 150 valence electrons. The van der Waals surface area contributed by atoms with Crippen LogP contribution in [0, 0.1) is 0 Å². The highest BCUT2D eigenvalue weighted by atomic mass is 16.5. The molecule has 0 saturated carbocycles. The van der Waals surface area contributed by atoms with Crippen LogP contribution in [-0.4, -0.2) is 40.7 Å². The van der Waals surface area contributed by atoms with E-state index in [2.05, 4.69) is 9.97 Å². The minimum atomic E-state index is -0.257. The van der Waals surface area contributed by atoms with Crippen molar-refractivity contribution < 1.29 is 23.9 Å². The quantitative estimate of drug-likeness (QED) is 0.756. The summed E-state index contributed by atoms with van der Waals surface area (Å²) in [6, 6.07) is 6.01. The Labute approximate surface area is 165 Å². The van der Waals surface area contributed by atoms with E-state index in [4.69, 9.17) is 4.74 Å². The SMILES string of the molecule is COc1ccc(N2C(=O)CCC2=O)cn1.O=C1CCC(=O)N1c1ccc(=O)[nH]c1. The van der Waals surface area contributed by atoms with Gasteiger partial charge in [-0.25, -0.2) is 14.8 Å². The van der Waals surface area contributed by atoms with Crippen molar-refractivity contribution in [1.82, 2.24) is 9.97 Å². The molecule has 0 aromatic carbocycles. The summed E-state index contributed by atoms with van der Waals surface area (Å²) in [4.78, 5) is 64.7. The first-order chi connectivity index (χ1) is 13.9. The monoisotopic (exact) mass is 398 g/mol. The molecule has 0 atom stereocenters. The molecule has 4 rings (SSSR count). The number of carbonyl (C=O) groups excluding carboxylic acids is 4. The van der Waals surface area contributed by atoms with Crippen LogP contribution in [0.1, 0.15) is 25.7 Å². The zero-order chi connectivity index (χ0) is 21.0. The fraction of sp³-hybridized carbons (Fsp3) is 0.263. The van der Waals surface area contributed by atoms with E-state index in [0.29, 0.717) is 17.3 Å². The van der Waals surface area contributed by atoms with E-state index in [-0.39, 0.29) is 54.9 Å². The van der Waals surface area contributed by atoms with Crippen LogP contribution in [0.15, 0.2) is 41.5 Å². The van der Waals surface area contributed by atoms with E-state index in [1.165, 1.54) is 31.6 Å². The van der Waals surface area contributed by atoms with E-state index in [1.54, 1.807) is 12.1 Å². The molecule has 2 aliphatic rings. The Morgan fingerprint density at radius 3 is 1.72 bits per heavy atom. The zero-order valence-electron chi connectivity index (χ0n) is 15.6. The molecule has 0 aliphatic carbocycles. The number of rotatable bonds is 3. The molecule has 0 bridgehead atoms. The average Bonchev–Trinajstić information content (AvgIpc) is 3.24. The van der Waals surface area contributed by atoms with Gasteiger partial charge in [0.25, 0.3) is 0 Å². The van der Waals surface area contributed by atoms with Crippen molar-refractivity contribution in [3.05, 3.63) is 47.0 Å². The summed E-state index contributed by atoms with van der Waals surface area (Å²) in [5.41, 5.74) is 0.674. The number of amides is 4. The van der Waals surface area contributed by atoms with Crippen LogP contribution in [0.5, 0.6) is 5.88 Å². The number of methoxy groups -OCH3 is 1. The molecular formula is C19H18N4O6. The lowest BCUT2D eigenvalue weighted by molar-refractivity contribution is -0.122. The van der Waals surface area contributed by atoms with Gasteiger partial charge in [-0.15, -0.1) is 0 Å². The smallest absolute Gasteiger partial charge is 0.248 e. The molecule has 29 heavy (non-hydrogen) atoms. The second-order valence-electron chi connectivity index (χ2n) is 6.22. The molecule has 2 aromatic rings. The number of hydrogen-bond acceptors (Lipinski definition) is 7. The molecule has 2 aliphatic heterocycles. The van der Waals surface area contributed by atoms with Crippen molar-refractivity contribution in [2.24, 2.45) is 0 Å². The number of hydrogen-bond donors (Lipinski definition) is 1. The molecule has 10 nitrogen and oxygen atoms in total. The summed E-state index contributed by atoms with van der Waals surface area (Å²) in [6.45, 7) is 0. The highest BCUT2D eigenvalue weighted by Crippen LogP contribution is 2.23. The largest absolute Gasteiger partial charge is 0.481 e. The van der Waals surface area contributed by atoms with Crippen molar-refractivity contribution in [3.8, 4) is 5.88 Å². The predicted octanol–water partition coefficient (Wildman–Crippen LogP) is 0.772. The normalized spacial score (nSPS) is 16.2. The van der Waals surface area contributed by atoms with E-state index >= 15 is 0 Å². The van der Waals surface area contributed by atoms with Crippen LogP contribution in [0.4, 0.5) is 11.4 Å². The van der Waals surface area contributed by atoms with Gasteiger partial charge in [-0.05, 0) is 12.1 Å². The number of H-pyrrole nitrogens is 1. The Bertz CT molecular complexity index is 962. The summed E-state index contributed by atoms with van der Waals surface area (Å²) >= 11 is 0. The van der Waals surface area contributed by atoms with Crippen LogP contribution >= 0.6 is 0 Å². The zero-order valence-corrected chi connectivity index (χ0v) is 15.6. The molecule has 10 heteroatoms. The molecule has 4 heterocycles. The number of ether oxygens (including phenoxy) is 1. The Kier molecular flexibility index (Phi) is 5.82. The number of aromatic nitrogens is 2. The third-order valence-electron chi connectivity index (χ3n) is 4.32. The van der Waals surface area contributed by atoms with E-state index in [0.717, 1.165) is 9.80 Å². The number of nitrogens with one attached hydrogen (secondary N) is 1. The molecule has 2 fully saturated rings. The Hall–Kier alpha value is -3.82. The minimum Gasteiger partial charge on any atom is -0.481 e. The molecule has 0 unspecified atom stereocenters. The summed E-state index contributed by atoms with van der Waals surface area (Å²) in [5.74, 6) is -0.333. The molecule has 1 N–H and O–H groups in total. The van der Waals surface area contributed by atoms with Crippen molar-refractivity contribution in [3.63, 3.8) is 0 Å². The van der Waals surface area contributed by atoms with Gasteiger partial charge >= 0.3 is 0 Å². The third-order valence-corrected chi connectivity index (χ3v) is 4.32. The third kappa shape index (κ3) is 4.37. The molecule has 2 aromatic heterocycles. The summed E-state index contributed by atoms with van der Waals surface area (Å²) in [6.07, 6.45) is 3.88. The van der Waals surface area contributed by atoms with Gasteiger partial charge in [0.2, 0.25) is 35.1 Å². The second-order valence-corrected chi connectivity index (χ2v) is 6.22. The van der Waals surface area contributed by atoms with Crippen LogP contribution < -0.4 is 20.1 Å². The van der Waals surface area contributed by atoms with Gasteiger partial charge in [0.05, 0.1) is 24.7 Å². The maximum Gasteiger partial charge on any atom is 0.248 e. The van der Waals surface area contributed by atoms with E-state index in [1.807, 2.05) is 0 Å². The number of carbonyl (C=O) groups is 4. The lowest BCUT2D eigenvalue weighted by Gasteiger charge is -2.13. The first-order valence-electron chi connectivity index (χ1n) is 8.81. The number of anilines is 2. The van der Waals surface area contributed by atoms with Gasteiger partial charge in [0.15, 0.2) is 0 Å². The molecule has 4 amide bonds. The Morgan fingerprint density at radius 2 is 1.31 bits per heavy atom. The number of imide groups is 2.